The van der Waals surface area contributed by atoms with E-state index in [-0.39, 0.29) is 12.5 Å². The number of pyridine rings is 1. The van der Waals surface area contributed by atoms with Crippen LogP contribution in [0.1, 0.15) is 42.7 Å². The van der Waals surface area contributed by atoms with E-state index in [4.69, 9.17) is 5.11 Å². The van der Waals surface area contributed by atoms with Gasteiger partial charge >= 0.3 is 0 Å². The molecular formula is C15H20N2O2. The molecule has 0 atom stereocenters. The van der Waals surface area contributed by atoms with Gasteiger partial charge in [0.05, 0.1) is 12.2 Å². The van der Waals surface area contributed by atoms with Gasteiger partial charge in [-0.05, 0) is 25.5 Å². The van der Waals surface area contributed by atoms with Crippen LogP contribution in [0.4, 0.5) is 0 Å². The molecule has 0 spiro atoms. The first-order chi connectivity index (χ1) is 9.24. The molecule has 0 saturated carbocycles. The first-order valence-electron chi connectivity index (χ1n) is 6.58. The third-order valence-electron chi connectivity index (χ3n) is 2.63. The van der Waals surface area contributed by atoms with E-state index >= 15 is 0 Å². The van der Waals surface area contributed by atoms with Crippen LogP contribution in [0, 0.1) is 11.8 Å². The fraction of sp³-hybridized carbons (Fsp3) is 0.467. The van der Waals surface area contributed by atoms with Gasteiger partial charge in [0.15, 0.2) is 0 Å². The van der Waals surface area contributed by atoms with Crippen molar-refractivity contribution in [1.82, 2.24) is 9.88 Å². The second-order valence-corrected chi connectivity index (χ2v) is 4.06. The van der Waals surface area contributed by atoms with E-state index in [9.17, 15) is 4.79 Å². The van der Waals surface area contributed by atoms with Gasteiger partial charge in [-0.1, -0.05) is 18.8 Å². The van der Waals surface area contributed by atoms with Crippen molar-refractivity contribution in [3.63, 3.8) is 0 Å². The molecule has 1 aromatic rings. The minimum absolute atomic E-state index is 0.0213. The molecule has 1 amide bonds. The van der Waals surface area contributed by atoms with Gasteiger partial charge in [-0.15, -0.1) is 0 Å². The summed E-state index contributed by atoms with van der Waals surface area (Å²) in [6.07, 6.45) is 2.91. The van der Waals surface area contributed by atoms with E-state index in [1.165, 1.54) is 0 Å². The van der Waals surface area contributed by atoms with Gasteiger partial charge in [0.1, 0.15) is 5.69 Å². The topological polar surface area (TPSA) is 53.4 Å². The highest BCUT2D eigenvalue weighted by Crippen LogP contribution is 2.08. The number of hydrogen-bond acceptors (Lipinski definition) is 3. The first kappa shape index (κ1) is 15.2. The van der Waals surface area contributed by atoms with Gasteiger partial charge in [-0.2, -0.15) is 0 Å². The molecule has 4 heteroatoms. The Hall–Kier alpha value is -1.86. The molecule has 1 aromatic heterocycles. The number of aromatic nitrogens is 1. The molecule has 1 N–H and O–H groups in total. The molecule has 0 fully saturated rings. The molecule has 0 aliphatic heterocycles. The van der Waals surface area contributed by atoms with Crippen molar-refractivity contribution in [2.75, 3.05) is 19.7 Å². The van der Waals surface area contributed by atoms with E-state index in [0.717, 1.165) is 13.0 Å². The molecule has 0 unspecified atom stereocenters. The maximum atomic E-state index is 12.4. The lowest BCUT2D eigenvalue weighted by Crippen LogP contribution is -2.32. The molecule has 0 radical (unpaired) electrons. The van der Waals surface area contributed by atoms with Crippen molar-refractivity contribution in [2.24, 2.45) is 0 Å². The molecule has 0 aliphatic rings. The summed E-state index contributed by atoms with van der Waals surface area (Å²) in [5, 5.41) is 8.73. The number of aliphatic hydroxyl groups is 1. The number of carbonyl (C=O) groups excluding carboxylic acids is 1. The minimum Gasteiger partial charge on any atom is -0.395 e. The van der Waals surface area contributed by atoms with Crippen molar-refractivity contribution >= 4 is 5.91 Å². The maximum absolute atomic E-state index is 12.4. The lowest BCUT2D eigenvalue weighted by atomic mass is 10.1. The molecule has 19 heavy (non-hydrogen) atoms. The van der Waals surface area contributed by atoms with E-state index in [1.54, 1.807) is 23.2 Å². The normalized spacial score (nSPS) is 9.63. The summed E-state index contributed by atoms with van der Waals surface area (Å²) in [6.45, 7) is 5.39. The highest BCUT2D eigenvalue weighted by Gasteiger charge is 2.17. The van der Waals surface area contributed by atoms with Crippen LogP contribution in [0.15, 0.2) is 18.3 Å². The Bertz CT molecular complexity index is 475. The van der Waals surface area contributed by atoms with Crippen LogP contribution in [0.2, 0.25) is 0 Å². The summed E-state index contributed by atoms with van der Waals surface area (Å²) in [6, 6.07) is 3.54. The van der Waals surface area contributed by atoms with E-state index < -0.39 is 0 Å². The quantitative estimate of drug-likeness (QED) is 0.820. The highest BCUT2D eigenvalue weighted by atomic mass is 16.2. The Kier molecular flexibility index (Phi) is 6.62. The first-order valence-corrected chi connectivity index (χ1v) is 6.58. The number of aliphatic hydroxyl groups excluding tert-OH is 1. The molecule has 0 bridgehead atoms. The van der Waals surface area contributed by atoms with Crippen LogP contribution in [-0.2, 0) is 0 Å². The zero-order chi connectivity index (χ0) is 14.1. The Balaban J connectivity index is 2.99. The fourth-order valence-electron chi connectivity index (χ4n) is 1.71. The smallest absolute Gasteiger partial charge is 0.273 e. The summed E-state index contributed by atoms with van der Waals surface area (Å²) < 4.78 is 0. The summed E-state index contributed by atoms with van der Waals surface area (Å²) in [5.74, 6) is 5.64. The van der Waals surface area contributed by atoms with Crippen molar-refractivity contribution < 1.29 is 9.90 Å². The second-order valence-electron chi connectivity index (χ2n) is 4.06. The van der Waals surface area contributed by atoms with Crippen LogP contribution in [0.3, 0.4) is 0 Å². The van der Waals surface area contributed by atoms with Crippen LogP contribution in [0.5, 0.6) is 0 Å². The number of hydrogen-bond donors (Lipinski definition) is 1. The molecular weight excluding hydrogens is 240 g/mol. The number of rotatable bonds is 5. The zero-order valence-corrected chi connectivity index (χ0v) is 11.5. The Labute approximate surface area is 114 Å². The SMILES string of the molecule is CCCN(CC)C(=O)c1ncccc1C#CCCO. The molecule has 4 nitrogen and oxygen atoms in total. The predicted molar refractivity (Wildman–Crippen MR) is 74.7 cm³/mol. The lowest BCUT2D eigenvalue weighted by molar-refractivity contribution is 0.0758. The average Bonchev–Trinajstić information content (AvgIpc) is 2.45. The van der Waals surface area contributed by atoms with Crippen molar-refractivity contribution in [1.29, 1.82) is 0 Å². The van der Waals surface area contributed by atoms with Gasteiger partial charge in [0.25, 0.3) is 5.91 Å². The fourth-order valence-corrected chi connectivity index (χ4v) is 1.71. The van der Waals surface area contributed by atoms with E-state index in [0.29, 0.717) is 24.2 Å². The zero-order valence-electron chi connectivity index (χ0n) is 11.5. The molecule has 0 aliphatic carbocycles. The standard InChI is InChI=1S/C15H20N2O2/c1-3-11-17(4-2)15(19)14-13(8-5-6-12-18)9-7-10-16-14/h7,9-10,18H,3-4,6,11-12H2,1-2H3. The van der Waals surface area contributed by atoms with Crippen molar-refractivity contribution in [3.8, 4) is 11.8 Å². The van der Waals surface area contributed by atoms with Gasteiger partial charge in [0.2, 0.25) is 0 Å². The van der Waals surface area contributed by atoms with Crippen molar-refractivity contribution in [3.05, 3.63) is 29.6 Å². The number of amides is 1. The minimum atomic E-state index is -0.0850. The van der Waals surface area contributed by atoms with Crippen molar-refractivity contribution in [2.45, 2.75) is 26.7 Å². The Morgan fingerprint density at radius 1 is 1.47 bits per heavy atom. The summed E-state index contributed by atoms with van der Waals surface area (Å²) >= 11 is 0. The molecule has 1 heterocycles. The van der Waals surface area contributed by atoms with Gasteiger partial charge < -0.3 is 10.0 Å². The van der Waals surface area contributed by atoms with Gasteiger partial charge in [-0.25, -0.2) is 4.98 Å². The van der Waals surface area contributed by atoms with Gasteiger partial charge in [0, 0.05) is 25.7 Å². The molecule has 1 rings (SSSR count). The predicted octanol–water partition coefficient (Wildman–Crippen LogP) is 1.69. The van der Waals surface area contributed by atoms with Gasteiger partial charge in [-0.3, -0.25) is 4.79 Å². The average molecular weight is 260 g/mol. The number of carbonyl (C=O) groups is 1. The molecule has 102 valence electrons. The largest absolute Gasteiger partial charge is 0.395 e. The third-order valence-corrected chi connectivity index (χ3v) is 2.63. The van der Waals surface area contributed by atoms with Crippen LogP contribution < -0.4 is 0 Å². The summed E-state index contributed by atoms with van der Waals surface area (Å²) in [5.41, 5.74) is 1.01. The Morgan fingerprint density at radius 3 is 2.89 bits per heavy atom. The lowest BCUT2D eigenvalue weighted by Gasteiger charge is -2.19. The maximum Gasteiger partial charge on any atom is 0.273 e. The molecule has 0 aromatic carbocycles. The monoisotopic (exact) mass is 260 g/mol. The Morgan fingerprint density at radius 2 is 2.26 bits per heavy atom. The van der Waals surface area contributed by atoms with Crippen LogP contribution in [0.25, 0.3) is 0 Å². The van der Waals surface area contributed by atoms with Crippen LogP contribution in [-0.4, -0.2) is 40.6 Å². The molecule has 0 saturated heterocycles. The summed E-state index contributed by atoms with van der Waals surface area (Å²) in [4.78, 5) is 18.3. The van der Waals surface area contributed by atoms with E-state index in [1.807, 2.05) is 13.8 Å². The third kappa shape index (κ3) is 4.38. The van der Waals surface area contributed by atoms with E-state index in [2.05, 4.69) is 16.8 Å². The summed E-state index contributed by atoms with van der Waals surface area (Å²) in [7, 11) is 0. The number of nitrogens with zero attached hydrogens (tertiary/aromatic N) is 2. The van der Waals surface area contributed by atoms with Crippen LogP contribution >= 0.6 is 0 Å². The highest BCUT2D eigenvalue weighted by molar-refractivity contribution is 5.94. The second kappa shape index (κ2) is 8.28.